The predicted molar refractivity (Wildman–Crippen MR) is 67.7 cm³/mol. The average molecular weight is 231 g/mol. The number of benzene rings is 1. The minimum atomic E-state index is 0.0678. The van der Waals surface area contributed by atoms with Crippen LogP contribution in [0.5, 0.6) is 0 Å². The summed E-state index contributed by atoms with van der Waals surface area (Å²) in [5.41, 5.74) is 1.72. The Hall–Kier alpha value is -2.02. The summed E-state index contributed by atoms with van der Waals surface area (Å²) in [6, 6.07) is 9.51. The molecule has 0 heterocycles. The molecule has 4 nitrogen and oxygen atoms in total. The van der Waals surface area contributed by atoms with Crippen molar-refractivity contribution in [3.05, 3.63) is 29.8 Å². The molecule has 0 bridgehead atoms. The number of anilines is 1. The van der Waals surface area contributed by atoms with Gasteiger partial charge in [-0.3, -0.25) is 4.79 Å². The molecule has 1 N–H and O–H groups in total. The zero-order valence-electron chi connectivity index (χ0n) is 10.2. The fraction of sp³-hybridized carbons (Fsp3) is 0.385. The van der Waals surface area contributed by atoms with Crippen LogP contribution in [0.15, 0.2) is 24.3 Å². The number of hydrogen-bond acceptors (Lipinski definition) is 3. The first-order valence-corrected chi connectivity index (χ1v) is 5.59. The van der Waals surface area contributed by atoms with Gasteiger partial charge in [0.2, 0.25) is 5.91 Å². The third kappa shape index (κ3) is 4.15. The van der Waals surface area contributed by atoms with Crippen LogP contribution in [0, 0.1) is 11.3 Å². The molecule has 0 atom stereocenters. The van der Waals surface area contributed by atoms with Crippen molar-refractivity contribution in [1.29, 1.82) is 5.26 Å². The number of nitrogens with zero attached hydrogens (tertiary/aromatic N) is 2. The topological polar surface area (TPSA) is 56.1 Å². The van der Waals surface area contributed by atoms with Gasteiger partial charge in [0.15, 0.2) is 0 Å². The van der Waals surface area contributed by atoms with Crippen molar-refractivity contribution in [2.75, 3.05) is 25.5 Å². The summed E-state index contributed by atoms with van der Waals surface area (Å²) in [4.78, 5) is 13.1. The van der Waals surface area contributed by atoms with Crippen LogP contribution in [0.3, 0.4) is 0 Å². The van der Waals surface area contributed by atoms with Crippen LogP contribution in [0.1, 0.15) is 18.4 Å². The first-order valence-electron chi connectivity index (χ1n) is 5.59. The molecule has 0 radical (unpaired) electrons. The van der Waals surface area contributed by atoms with Crippen molar-refractivity contribution in [3.8, 4) is 6.07 Å². The summed E-state index contributed by atoms with van der Waals surface area (Å²) in [6.45, 7) is 0.819. The number of hydrogen-bond donors (Lipinski definition) is 1. The number of nitrogens with one attached hydrogen (secondary N) is 1. The van der Waals surface area contributed by atoms with E-state index in [4.69, 9.17) is 5.26 Å². The number of amides is 1. The highest BCUT2D eigenvalue weighted by Crippen LogP contribution is 2.13. The van der Waals surface area contributed by atoms with Gasteiger partial charge in [-0.1, -0.05) is 0 Å². The van der Waals surface area contributed by atoms with Crippen LogP contribution in [-0.2, 0) is 4.79 Å². The quantitative estimate of drug-likeness (QED) is 0.836. The lowest BCUT2D eigenvalue weighted by Crippen LogP contribution is -2.22. The van der Waals surface area contributed by atoms with Crippen molar-refractivity contribution in [1.82, 2.24) is 5.32 Å². The molecule has 0 aromatic heterocycles. The number of carbonyl (C=O) groups excluding carboxylic acids is 1. The van der Waals surface area contributed by atoms with Gasteiger partial charge in [-0.05, 0) is 30.7 Å². The van der Waals surface area contributed by atoms with Crippen molar-refractivity contribution >= 4 is 11.6 Å². The van der Waals surface area contributed by atoms with Gasteiger partial charge >= 0.3 is 0 Å². The monoisotopic (exact) mass is 231 g/mol. The molecule has 4 heteroatoms. The Morgan fingerprint density at radius 3 is 2.59 bits per heavy atom. The first kappa shape index (κ1) is 13.0. The second-order valence-corrected chi connectivity index (χ2v) is 3.86. The van der Waals surface area contributed by atoms with E-state index in [0.717, 1.165) is 18.7 Å². The molecule has 0 aliphatic heterocycles. The smallest absolute Gasteiger partial charge is 0.219 e. The maximum atomic E-state index is 11.0. The van der Waals surface area contributed by atoms with E-state index in [1.807, 2.05) is 19.2 Å². The summed E-state index contributed by atoms with van der Waals surface area (Å²) in [7, 11) is 3.62. The molecule has 0 saturated heterocycles. The molecule has 17 heavy (non-hydrogen) atoms. The van der Waals surface area contributed by atoms with Crippen molar-refractivity contribution in [2.24, 2.45) is 0 Å². The van der Waals surface area contributed by atoms with E-state index in [-0.39, 0.29) is 5.91 Å². The minimum Gasteiger partial charge on any atom is -0.375 e. The Morgan fingerprint density at radius 1 is 1.41 bits per heavy atom. The fourth-order valence-corrected chi connectivity index (χ4v) is 1.52. The third-order valence-electron chi connectivity index (χ3n) is 2.61. The lowest BCUT2D eigenvalue weighted by Gasteiger charge is -2.18. The van der Waals surface area contributed by atoms with Gasteiger partial charge in [-0.2, -0.15) is 5.26 Å². The van der Waals surface area contributed by atoms with E-state index in [2.05, 4.69) is 16.3 Å². The molecule has 0 aliphatic carbocycles. The third-order valence-corrected chi connectivity index (χ3v) is 2.61. The molecule has 90 valence electrons. The second-order valence-electron chi connectivity index (χ2n) is 3.86. The SMILES string of the molecule is CNC(=O)CCCN(C)c1ccc(C#N)cc1. The van der Waals surface area contributed by atoms with Crippen molar-refractivity contribution < 1.29 is 4.79 Å². The Morgan fingerprint density at radius 2 is 2.06 bits per heavy atom. The highest BCUT2D eigenvalue weighted by Gasteiger charge is 2.02. The molecule has 0 saturated carbocycles. The standard InChI is InChI=1S/C13H17N3O/c1-15-13(17)4-3-9-16(2)12-7-5-11(10-14)6-8-12/h5-8H,3-4,9H2,1-2H3,(H,15,17). The molecular weight excluding hydrogens is 214 g/mol. The van der Waals surface area contributed by atoms with E-state index in [1.165, 1.54) is 0 Å². The number of carbonyl (C=O) groups is 1. The van der Waals surface area contributed by atoms with Crippen LogP contribution < -0.4 is 10.2 Å². The molecule has 0 aliphatic rings. The van der Waals surface area contributed by atoms with Gasteiger partial charge in [0.05, 0.1) is 11.6 Å². The normalized spacial score (nSPS) is 9.47. The minimum absolute atomic E-state index is 0.0678. The summed E-state index contributed by atoms with van der Waals surface area (Å²) in [5.74, 6) is 0.0678. The molecule has 1 aromatic carbocycles. The van der Waals surface area contributed by atoms with E-state index in [9.17, 15) is 4.79 Å². The molecule has 1 amide bonds. The van der Waals surface area contributed by atoms with Crippen LogP contribution in [0.2, 0.25) is 0 Å². The van der Waals surface area contributed by atoms with Gasteiger partial charge < -0.3 is 10.2 Å². The molecule has 0 spiro atoms. The Labute approximate surface area is 102 Å². The van der Waals surface area contributed by atoms with Crippen molar-refractivity contribution in [3.63, 3.8) is 0 Å². The van der Waals surface area contributed by atoms with Gasteiger partial charge in [0, 0.05) is 32.7 Å². The Balaban J connectivity index is 2.44. The molecule has 1 aromatic rings. The summed E-state index contributed by atoms with van der Waals surface area (Å²) >= 11 is 0. The first-order chi connectivity index (χ1) is 8.17. The van der Waals surface area contributed by atoms with E-state index in [0.29, 0.717) is 12.0 Å². The van der Waals surface area contributed by atoms with Crippen LogP contribution in [0.4, 0.5) is 5.69 Å². The van der Waals surface area contributed by atoms with Gasteiger partial charge in [-0.25, -0.2) is 0 Å². The zero-order chi connectivity index (χ0) is 12.7. The van der Waals surface area contributed by atoms with E-state index < -0.39 is 0 Å². The predicted octanol–water partition coefficient (Wildman–Crippen LogP) is 1.52. The van der Waals surface area contributed by atoms with Crippen molar-refractivity contribution in [2.45, 2.75) is 12.8 Å². The van der Waals surface area contributed by atoms with Crippen LogP contribution in [-0.4, -0.2) is 26.5 Å². The van der Waals surface area contributed by atoms with E-state index in [1.54, 1.807) is 19.2 Å². The second kappa shape index (κ2) is 6.54. The number of rotatable bonds is 5. The molecular formula is C13H17N3O. The zero-order valence-corrected chi connectivity index (χ0v) is 10.2. The maximum Gasteiger partial charge on any atom is 0.219 e. The molecule has 0 fully saturated rings. The largest absolute Gasteiger partial charge is 0.375 e. The Kier molecular flexibility index (Phi) is 5.02. The maximum absolute atomic E-state index is 11.0. The van der Waals surface area contributed by atoms with Crippen LogP contribution >= 0.6 is 0 Å². The number of nitriles is 1. The van der Waals surface area contributed by atoms with Gasteiger partial charge in [-0.15, -0.1) is 0 Å². The van der Waals surface area contributed by atoms with Crippen LogP contribution in [0.25, 0.3) is 0 Å². The summed E-state index contributed by atoms with van der Waals surface area (Å²) < 4.78 is 0. The molecule has 1 rings (SSSR count). The summed E-state index contributed by atoms with van der Waals surface area (Å²) in [6.07, 6.45) is 1.35. The van der Waals surface area contributed by atoms with E-state index >= 15 is 0 Å². The Bertz CT molecular complexity index is 406. The summed E-state index contributed by atoms with van der Waals surface area (Å²) in [5, 5.41) is 11.3. The highest BCUT2D eigenvalue weighted by molar-refractivity contribution is 5.75. The average Bonchev–Trinajstić information content (AvgIpc) is 2.38. The lowest BCUT2D eigenvalue weighted by atomic mass is 10.2. The van der Waals surface area contributed by atoms with Gasteiger partial charge in [0.1, 0.15) is 0 Å². The van der Waals surface area contributed by atoms with Gasteiger partial charge in [0.25, 0.3) is 0 Å². The fourth-order valence-electron chi connectivity index (χ4n) is 1.52. The lowest BCUT2D eigenvalue weighted by molar-refractivity contribution is -0.120. The highest BCUT2D eigenvalue weighted by atomic mass is 16.1. The molecule has 0 unspecified atom stereocenters.